The van der Waals surface area contributed by atoms with Gasteiger partial charge in [0, 0.05) is 44.6 Å². The monoisotopic (exact) mass is 344 g/mol. The maximum atomic E-state index is 12.4. The van der Waals surface area contributed by atoms with Crippen LogP contribution in [-0.2, 0) is 19.5 Å². The fourth-order valence-electron chi connectivity index (χ4n) is 3.29. The van der Waals surface area contributed by atoms with E-state index in [4.69, 9.17) is 4.42 Å². The average Bonchev–Trinajstić information content (AvgIpc) is 3.04. The van der Waals surface area contributed by atoms with Crippen LogP contribution in [0.1, 0.15) is 56.5 Å². The normalized spacial score (nSPS) is 14.8. The fraction of sp³-hybridized carbons (Fsp3) is 0.579. The number of aromatic amines is 1. The standard InChI is InChI=1S/C19H28N4O2/c1-5-23(6-2)17-8-7-14(25-17)11-22-10-9-16-15(12-22)19(24)21-18(20-16)13(3)4/h7-8,13H,5-6,9-12H2,1-4H3,(H,20,21,24). The number of anilines is 1. The minimum absolute atomic E-state index is 0.00155. The number of hydrogen-bond acceptors (Lipinski definition) is 5. The van der Waals surface area contributed by atoms with Gasteiger partial charge in [-0.05, 0) is 19.9 Å². The molecule has 0 saturated carbocycles. The molecule has 2 aromatic heterocycles. The van der Waals surface area contributed by atoms with Gasteiger partial charge in [0.1, 0.15) is 11.6 Å². The molecule has 25 heavy (non-hydrogen) atoms. The first-order chi connectivity index (χ1) is 12.0. The average molecular weight is 344 g/mol. The van der Waals surface area contributed by atoms with Crippen LogP contribution >= 0.6 is 0 Å². The minimum atomic E-state index is 0.00155. The minimum Gasteiger partial charge on any atom is -0.444 e. The summed E-state index contributed by atoms with van der Waals surface area (Å²) in [5.74, 6) is 2.87. The summed E-state index contributed by atoms with van der Waals surface area (Å²) in [6.07, 6.45) is 0.808. The Kier molecular flexibility index (Phi) is 5.27. The van der Waals surface area contributed by atoms with Crippen molar-refractivity contribution in [3.8, 4) is 0 Å². The van der Waals surface area contributed by atoms with Crippen molar-refractivity contribution in [1.29, 1.82) is 0 Å². The summed E-state index contributed by atoms with van der Waals surface area (Å²) in [7, 11) is 0. The van der Waals surface area contributed by atoms with Crippen LogP contribution < -0.4 is 10.5 Å². The zero-order chi connectivity index (χ0) is 18.0. The van der Waals surface area contributed by atoms with Gasteiger partial charge in [-0.3, -0.25) is 9.69 Å². The fourth-order valence-corrected chi connectivity index (χ4v) is 3.29. The van der Waals surface area contributed by atoms with Crippen LogP contribution in [0.15, 0.2) is 21.3 Å². The molecule has 3 rings (SSSR count). The zero-order valence-electron chi connectivity index (χ0n) is 15.6. The Labute approximate surface area is 148 Å². The van der Waals surface area contributed by atoms with Crippen molar-refractivity contribution < 1.29 is 4.42 Å². The number of fused-ring (bicyclic) bond motifs is 1. The van der Waals surface area contributed by atoms with Gasteiger partial charge in [-0.15, -0.1) is 0 Å². The summed E-state index contributed by atoms with van der Waals surface area (Å²) in [5, 5.41) is 0. The highest BCUT2D eigenvalue weighted by atomic mass is 16.4. The highest BCUT2D eigenvalue weighted by Gasteiger charge is 2.22. The van der Waals surface area contributed by atoms with Gasteiger partial charge >= 0.3 is 0 Å². The number of rotatable bonds is 6. The molecular weight excluding hydrogens is 316 g/mol. The molecule has 0 saturated heterocycles. The molecule has 0 spiro atoms. The van der Waals surface area contributed by atoms with Gasteiger partial charge in [0.2, 0.25) is 0 Å². The first-order valence-electron chi connectivity index (χ1n) is 9.19. The number of hydrogen-bond donors (Lipinski definition) is 1. The summed E-state index contributed by atoms with van der Waals surface area (Å²) in [5.41, 5.74) is 1.75. The van der Waals surface area contributed by atoms with E-state index in [1.54, 1.807) is 0 Å². The van der Waals surface area contributed by atoms with Crippen LogP contribution in [0.4, 0.5) is 5.88 Å². The Morgan fingerprint density at radius 1 is 1.32 bits per heavy atom. The topological polar surface area (TPSA) is 65.4 Å². The quantitative estimate of drug-likeness (QED) is 0.873. The van der Waals surface area contributed by atoms with E-state index in [0.29, 0.717) is 13.1 Å². The van der Waals surface area contributed by atoms with Crippen molar-refractivity contribution in [2.24, 2.45) is 0 Å². The Hall–Kier alpha value is -2.08. The van der Waals surface area contributed by atoms with Gasteiger partial charge in [-0.1, -0.05) is 13.8 Å². The molecule has 3 heterocycles. The predicted octanol–water partition coefficient (Wildman–Crippen LogP) is 2.89. The summed E-state index contributed by atoms with van der Waals surface area (Å²) < 4.78 is 5.98. The lowest BCUT2D eigenvalue weighted by molar-refractivity contribution is 0.222. The van der Waals surface area contributed by atoms with Gasteiger partial charge in [0.15, 0.2) is 5.88 Å². The van der Waals surface area contributed by atoms with Gasteiger partial charge in [-0.2, -0.15) is 0 Å². The van der Waals surface area contributed by atoms with Crippen molar-refractivity contribution in [2.45, 2.75) is 53.1 Å². The summed E-state index contributed by atoms with van der Waals surface area (Å²) >= 11 is 0. The van der Waals surface area contributed by atoms with Crippen molar-refractivity contribution >= 4 is 5.88 Å². The number of H-pyrrole nitrogens is 1. The molecule has 6 nitrogen and oxygen atoms in total. The molecule has 0 amide bonds. The lowest BCUT2D eigenvalue weighted by atomic mass is 10.1. The van der Waals surface area contributed by atoms with E-state index in [1.807, 2.05) is 26.0 Å². The molecule has 0 atom stereocenters. The number of aromatic nitrogens is 2. The molecule has 0 aliphatic carbocycles. The Balaban J connectivity index is 1.72. The van der Waals surface area contributed by atoms with Gasteiger partial charge < -0.3 is 14.3 Å². The van der Waals surface area contributed by atoms with Gasteiger partial charge in [0.25, 0.3) is 5.56 Å². The van der Waals surface area contributed by atoms with Crippen LogP contribution in [0.3, 0.4) is 0 Å². The molecule has 1 aliphatic rings. The van der Waals surface area contributed by atoms with Crippen LogP contribution in [0, 0.1) is 0 Å². The number of furan rings is 1. The van der Waals surface area contributed by atoms with E-state index < -0.39 is 0 Å². The van der Waals surface area contributed by atoms with Crippen LogP contribution in [-0.4, -0.2) is 34.5 Å². The van der Waals surface area contributed by atoms with Crippen molar-refractivity contribution in [3.63, 3.8) is 0 Å². The second-order valence-corrected chi connectivity index (χ2v) is 6.90. The van der Waals surface area contributed by atoms with E-state index in [2.05, 4.69) is 33.6 Å². The zero-order valence-corrected chi connectivity index (χ0v) is 15.6. The highest BCUT2D eigenvalue weighted by Crippen LogP contribution is 2.22. The summed E-state index contributed by atoms with van der Waals surface area (Å²) in [4.78, 5) is 24.4. The molecule has 0 fully saturated rings. The van der Waals surface area contributed by atoms with E-state index in [9.17, 15) is 4.79 Å². The lowest BCUT2D eigenvalue weighted by Gasteiger charge is -2.27. The summed E-state index contributed by atoms with van der Waals surface area (Å²) in [6, 6.07) is 4.07. The lowest BCUT2D eigenvalue weighted by Crippen LogP contribution is -2.35. The van der Waals surface area contributed by atoms with Gasteiger partial charge in [-0.25, -0.2) is 4.98 Å². The molecule has 6 heteroatoms. The highest BCUT2D eigenvalue weighted by molar-refractivity contribution is 5.36. The van der Waals surface area contributed by atoms with E-state index >= 15 is 0 Å². The Bertz CT molecular complexity index is 774. The molecule has 136 valence electrons. The van der Waals surface area contributed by atoms with E-state index in [1.165, 1.54) is 0 Å². The first kappa shape index (κ1) is 17.7. The molecule has 0 bridgehead atoms. The van der Waals surface area contributed by atoms with Crippen molar-refractivity contribution in [3.05, 3.63) is 45.3 Å². The molecule has 0 unspecified atom stereocenters. The van der Waals surface area contributed by atoms with Crippen LogP contribution in [0.2, 0.25) is 0 Å². The predicted molar refractivity (Wildman–Crippen MR) is 99.0 cm³/mol. The smallest absolute Gasteiger partial charge is 0.255 e. The van der Waals surface area contributed by atoms with Crippen molar-refractivity contribution in [1.82, 2.24) is 14.9 Å². The molecule has 2 aromatic rings. The first-order valence-corrected chi connectivity index (χ1v) is 9.19. The molecular formula is C19H28N4O2. The second-order valence-electron chi connectivity index (χ2n) is 6.90. The second kappa shape index (κ2) is 7.44. The third kappa shape index (κ3) is 3.79. The maximum Gasteiger partial charge on any atom is 0.255 e. The molecule has 1 N–H and O–H groups in total. The summed E-state index contributed by atoms with van der Waals surface area (Å²) in [6.45, 7) is 12.4. The Morgan fingerprint density at radius 2 is 2.08 bits per heavy atom. The SMILES string of the molecule is CCN(CC)c1ccc(CN2CCc3nc(C(C)C)[nH]c(=O)c3C2)o1. The maximum absolute atomic E-state index is 12.4. The largest absolute Gasteiger partial charge is 0.444 e. The third-order valence-corrected chi connectivity index (χ3v) is 4.81. The van der Waals surface area contributed by atoms with Crippen LogP contribution in [0.5, 0.6) is 0 Å². The van der Waals surface area contributed by atoms with Crippen LogP contribution in [0.25, 0.3) is 0 Å². The molecule has 0 radical (unpaired) electrons. The van der Waals surface area contributed by atoms with Gasteiger partial charge in [0.05, 0.1) is 17.8 Å². The van der Waals surface area contributed by atoms with Crippen molar-refractivity contribution in [2.75, 3.05) is 24.5 Å². The number of nitrogens with zero attached hydrogens (tertiary/aromatic N) is 3. The third-order valence-electron chi connectivity index (χ3n) is 4.81. The molecule has 1 aliphatic heterocycles. The number of nitrogens with one attached hydrogen (secondary N) is 1. The Morgan fingerprint density at radius 3 is 2.76 bits per heavy atom. The van der Waals surface area contributed by atoms with E-state index in [0.717, 1.165) is 54.8 Å². The molecule has 0 aromatic carbocycles. The van der Waals surface area contributed by atoms with E-state index in [-0.39, 0.29) is 11.5 Å².